The molecule has 1 N–H and O–H groups in total. The molecule has 2 atom stereocenters. The number of imide groups is 2. The van der Waals surface area contributed by atoms with Crippen LogP contribution in [0.2, 0.25) is 0 Å². The molecule has 1 aromatic carbocycles. The summed E-state index contributed by atoms with van der Waals surface area (Å²) in [7, 11) is 0. The fourth-order valence-electron chi connectivity index (χ4n) is 4.12. The summed E-state index contributed by atoms with van der Waals surface area (Å²) < 4.78 is 13.8. The van der Waals surface area contributed by atoms with E-state index in [9.17, 15) is 28.4 Å². The number of rotatable bonds is 7. The monoisotopic (exact) mass is 471 g/mol. The zero-order chi connectivity index (χ0) is 23.5. The SMILES string of the molecule is O=C(CCN1C(=O)C2CC=CCC2C1=O)NCCN1C(=O)S/C(=C\c2ccccc2F)C1=O. The van der Waals surface area contributed by atoms with E-state index >= 15 is 0 Å². The molecule has 8 nitrogen and oxygen atoms in total. The molecule has 4 rings (SSSR count). The molecule has 0 aromatic heterocycles. The van der Waals surface area contributed by atoms with Crippen LogP contribution in [0.25, 0.3) is 6.08 Å². The number of halogens is 1. The van der Waals surface area contributed by atoms with Crippen molar-refractivity contribution in [3.8, 4) is 0 Å². The molecule has 2 aliphatic heterocycles. The van der Waals surface area contributed by atoms with Gasteiger partial charge in [-0.15, -0.1) is 0 Å². The van der Waals surface area contributed by atoms with Crippen LogP contribution < -0.4 is 5.32 Å². The number of carbonyl (C=O) groups excluding carboxylic acids is 5. The molecule has 1 aliphatic carbocycles. The lowest BCUT2D eigenvalue weighted by Gasteiger charge is -2.15. The molecule has 0 radical (unpaired) electrons. The normalized spacial score (nSPS) is 23.6. The van der Waals surface area contributed by atoms with E-state index in [0.717, 1.165) is 9.80 Å². The smallest absolute Gasteiger partial charge is 0.293 e. The first-order valence-corrected chi connectivity index (χ1v) is 11.5. The number of fused-ring (bicyclic) bond motifs is 1. The number of hydrogen-bond acceptors (Lipinski definition) is 6. The number of thioether (sulfide) groups is 1. The zero-order valence-electron chi connectivity index (χ0n) is 17.7. The van der Waals surface area contributed by atoms with Crippen molar-refractivity contribution in [1.82, 2.24) is 15.1 Å². The number of nitrogens with zero attached hydrogens (tertiary/aromatic N) is 2. The highest BCUT2D eigenvalue weighted by Gasteiger charge is 2.46. The van der Waals surface area contributed by atoms with Gasteiger partial charge in [0.15, 0.2) is 0 Å². The Bertz CT molecular complexity index is 1060. The minimum absolute atomic E-state index is 0.00343. The molecule has 172 valence electrons. The molecule has 0 bridgehead atoms. The second kappa shape index (κ2) is 9.70. The van der Waals surface area contributed by atoms with Gasteiger partial charge in [-0.05, 0) is 36.7 Å². The summed E-state index contributed by atoms with van der Waals surface area (Å²) in [5.41, 5.74) is 0.206. The average molecular weight is 472 g/mol. The lowest BCUT2D eigenvalue weighted by molar-refractivity contribution is -0.140. The number of amides is 5. The van der Waals surface area contributed by atoms with Crippen LogP contribution in [0.1, 0.15) is 24.8 Å². The summed E-state index contributed by atoms with van der Waals surface area (Å²) in [4.78, 5) is 64.0. The van der Waals surface area contributed by atoms with E-state index in [4.69, 9.17) is 0 Å². The predicted octanol–water partition coefficient (Wildman–Crippen LogP) is 2.32. The predicted molar refractivity (Wildman–Crippen MR) is 119 cm³/mol. The summed E-state index contributed by atoms with van der Waals surface area (Å²) in [6.07, 6.45) is 6.16. The Hall–Kier alpha value is -3.27. The van der Waals surface area contributed by atoms with Gasteiger partial charge in [-0.25, -0.2) is 4.39 Å². The van der Waals surface area contributed by atoms with Crippen molar-refractivity contribution >= 4 is 46.7 Å². The second-order valence-electron chi connectivity index (χ2n) is 7.94. The van der Waals surface area contributed by atoms with E-state index in [1.54, 1.807) is 6.07 Å². The van der Waals surface area contributed by atoms with Gasteiger partial charge in [0, 0.05) is 31.6 Å². The molecule has 10 heteroatoms. The van der Waals surface area contributed by atoms with Crippen LogP contribution in [0.3, 0.4) is 0 Å². The van der Waals surface area contributed by atoms with Gasteiger partial charge in [-0.1, -0.05) is 30.4 Å². The Morgan fingerprint density at radius 3 is 2.36 bits per heavy atom. The number of likely N-dealkylation sites (tertiary alicyclic amines) is 1. The fourth-order valence-corrected chi connectivity index (χ4v) is 4.98. The van der Waals surface area contributed by atoms with Gasteiger partial charge >= 0.3 is 0 Å². The van der Waals surface area contributed by atoms with E-state index in [1.165, 1.54) is 24.3 Å². The topological polar surface area (TPSA) is 104 Å². The van der Waals surface area contributed by atoms with Crippen molar-refractivity contribution in [2.45, 2.75) is 19.3 Å². The molecule has 1 aromatic rings. The highest BCUT2D eigenvalue weighted by atomic mass is 32.2. The highest BCUT2D eigenvalue weighted by molar-refractivity contribution is 8.18. The van der Waals surface area contributed by atoms with Gasteiger partial charge in [-0.3, -0.25) is 33.8 Å². The Balaban J connectivity index is 1.25. The Morgan fingerprint density at radius 2 is 1.70 bits per heavy atom. The average Bonchev–Trinajstić information content (AvgIpc) is 3.21. The lowest BCUT2D eigenvalue weighted by atomic mass is 9.85. The summed E-state index contributed by atoms with van der Waals surface area (Å²) in [5, 5.41) is 2.11. The summed E-state index contributed by atoms with van der Waals surface area (Å²) >= 11 is 0.714. The maximum atomic E-state index is 13.8. The van der Waals surface area contributed by atoms with Gasteiger partial charge in [0.05, 0.1) is 16.7 Å². The molecule has 2 saturated heterocycles. The number of nitrogens with one attached hydrogen (secondary N) is 1. The summed E-state index contributed by atoms with van der Waals surface area (Å²) in [6, 6.07) is 5.92. The van der Waals surface area contributed by atoms with Crippen molar-refractivity contribution in [3.63, 3.8) is 0 Å². The van der Waals surface area contributed by atoms with E-state index in [0.29, 0.717) is 24.6 Å². The van der Waals surface area contributed by atoms with Crippen molar-refractivity contribution in [3.05, 3.63) is 52.7 Å². The molecule has 0 saturated carbocycles. The third kappa shape index (κ3) is 4.75. The van der Waals surface area contributed by atoms with Crippen molar-refractivity contribution in [2.24, 2.45) is 11.8 Å². The first kappa shape index (κ1) is 22.9. The summed E-state index contributed by atoms with van der Waals surface area (Å²) in [5.74, 6) is -2.57. The maximum absolute atomic E-state index is 13.8. The number of benzene rings is 1. The van der Waals surface area contributed by atoms with Gasteiger partial charge in [0.25, 0.3) is 11.1 Å². The van der Waals surface area contributed by atoms with Gasteiger partial charge in [-0.2, -0.15) is 0 Å². The third-order valence-corrected chi connectivity index (χ3v) is 6.79. The van der Waals surface area contributed by atoms with Gasteiger partial charge in [0.1, 0.15) is 5.82 Å². The standard InChI is InChI=1S/C23H22FN3O5S/c24-17-8-4-1-5-14(17)13-18-22(31)27(23(32)33-18)12-10-25-19(28)9-11-26-20(29)15-6-2-3-7-16(15)21(26)30/h1-5,8,13,15-16H,6-7,9-12H2,(H,25,28)/b18-13-. The molecule has 2 unspecified atom stereocenters. The summed E-state index contributed by atoms with van der Waals surface area (Å²) in [6.45, 7) is -0.00716. The molecule has 2 fully saturated rings. The van der Waals surface area contributed by atoms with E-state index in [1.807, 2.05) is 12.2 Å². The highest BCUT2D eigenvalue weighted by Crippen LogP contribution is 2.35. The number of hydrogen-bond donors (Lipinski definition) is 1. The van der Waals surface area contributed by atoms with E-state index in [-0.39, 0.29) is 60.2 Å². The Morgan fingerprint density at radius 1 is 1.03 bits per heavy atom. The second-order valence-corrected chi connectivity index (χ2v) is 8.93. The van der Waals surface area contributed by atoms with E-state index in [2.05, 4.69) is 5.32 Å². The number of allylic oxidation sites excluding steroid dienone is 2. The first-order chi connectivity index (χ1) is 15.9. The van der Waals surface area contributed by atoms with Crippen LogP contribution in [0.5, 0.6) is 0 Å². The minimum atomic E-state index is -0.549. The molecule has 33 heavy (non-hydrogen) atoms. The third-order valence-electron chi connectivity index (χ3n) is 5.88. The first-order valence-electron chi connectivity index (χ1n) is 10.6. The molecular formula is C23H22FN3O5S. The quantitative estimate of drug-likeness (QED) is 0.372. The van der Waals surface area contributed by atoms with Crippen LogP contribution in [0, 0.1) is 17.7 Å². The van der Waals surface area contributed by atoms with Crippen LogP contribution in [-0.4, -0.2) is 58.3 Å². The van der Waals surface area contributed by atoms with Crippen LogP contribution in [0.4, 0.5) is 9.18 Å². The molecule has 2 heterocycles. The largest absolute Gasteiger partial charge is 0.354 e. The molecular weight excluding hydrogens is 449 g/mol. The number of carbonyl (C=O) groups is 5. The fraction of sp³-hybridized carbons (Fsp3) is 0.348. The van der Waals surface area contributed by atoms with Crippen LogP contribution in [-0.2, 0) is 19.2 Å². The zero-order valence-corrected chi connectivity index (χ0v) is 18.5. The van der Waals surface area contributed by atoms with Crippen molar-refractivity contribution in [2.75, 3.05) is 19.6 Å². The van der Waals surface area contributed by atoms with E-state index < -0.39 is 22.9 Å². The Kier molecular flexibility index (Phi) is 6.73. The van der Waals surface area contributed by atoms with Crippen molar-refractivity contribution in [1.29, 1.82) is 0 Å². The van der Waals surface area contributed by atoms with Gasteiger partial charge < -0.3 is 5.32 Å². The van der Waals surface area contributed by atoms with Crippen LogP contribution in [0.15, 0.2) is 41.3 Å². The minimum Gasteiger partial charge on any atom is -0.354 e. The Labute approximate surface area is 193 Å². The van der Waals surface area contributed by atoms with Crippen LogP contribution >= 0.6 is 11.8 Å². The molecule has 3 aliphatic rings. The van der Waals surface area contributed by atoms with Crippen molar-refractivity contribution < 1.29 is 28.4 Å². The van der Waals surface area contributed by atoms with Gasteiger partial charge in [0.2, 0.25) is 17.7 Å². The molecule has 0 spiro atoms. The maximum Gasteiger partial charge on any atom is 0.293 e. The molecule has 5 amide bonds. The lowest BCUT2D eigenvalue weighted by Crippen LogP contribution is -2.39.